The summed E-state index contributed by atoms with van der Waals surface area (Å²) in [4.78, 5) is 9.71. The van der Waals surface area contributed by atoms with Crippen molar-refractivity contribution in [1.82, 2.24) is 5.43 Å². The molecule has 0 rings (SSSR count). The number of rotatable bonds is 1. The highest BCUT2D eigenvalue weighted by Gasteiger charge is 2.13. The van der Waals surface area contributed by atoms with Gasteiger partial charge >= 0.3 is 0 Å². The van der Waals surface area contributed by atoms with Crippen molar-refractivity contribution in [3.63, 3.8) is 0 Å². The molecule has 0 aliphatic rings. The van der Waals surface area contributed by atoms with E-state index >= 15 is 0 Å². The Labute approximate surface area is 48.0 Å². The van der Waals surface area contributed by atoms with E-state index in [0.29, 0.717) is 0 Å². The van der Waals surface area contributed by atoms with E-state index in [-0.39, 0.29) is 0 Å². The van der Waals surface area contributed by atoms with Gasteiger partial charge in [0.2, 0.25) is 0 Å². The highest BCUT2D eigenvalue weighted by Crippen LogP contribution is 1.96. The highest BCUT2D eigenvalue weighted by atomic mass is 16.7. The lowest BCUT2D eigenvalue weighted by Crippen LogP contribution is -2.39. The second-order valence-electron chi connectivity index (χ2n) is 2.62. The molecule has 48 valence electrons. The van der Waals surface area contributed by atoms with Crippen molar-refractivity contribution in [2.45, 2.75) is 26.3 Å². The van der Waals surface area contributed by atoms with Crippen molar-refractivity contribution < 1.29 is 5.03 Å². The molecule has 0 aliphatic carbocycles. The van der Waals surface area contributed by atoms with Crippen LogP contribution in [-0.4, -0.2) is 10.6 Å². The van der Waals surface area contributed by atoms with Crippen LogP contribution < -0.4 is 5.43 Å². The average Bonchev–Trinajstić information content (AvgIpc) is 1.21. The lowest BCUT2D eigenvalue weighted by molar-refractivity contribution is -0.557. The Hall–Kier alpha value is -0.800. The van der Waals surface area contributed by atoms with Crippen molar-refractivity contribution in [2.24, 2.45) is 0 Å². The zero-order valence-corrected chi connectivity index (χ0v) is 5.26. The number of hydrazine groups is 1. The molecular weight excluding hydrogens is 108 g/mol. The third-order valence-corrected chi connectivity index (χ3v) is 0.427. The summed E-state index contributed by atoms with van der Waals surface area (Å²) in [5.74, 6) is 0. The second-order valence-corrected chi connectivity index (χ2v) is 2.62. The Balaban J connectivity index is 3.55. The second kappa shape index (κ2) is 1.98. The summed E-state index contributed by atoms with van der Waals surface area (Å²) in [6.07, 6.45) is 0. The molecule has 0 fully saturated rings. The van der Waals surface area contributed by atoms with Crippen LogP contribution in [0.1, 0.15) is 20.8 Å². The molecule has 0 aliphatic heterocycles. The van der Waals surface area contributed by atoms with Gasteiger partial charge in [-0.1, -0.05) is 0 Å². The number of hydrogen-bond acceptors (Lipinski definition) is 2. The van der Waals surface area contributed by atoms with Crippen LogP contribution >= 0.6 is 0 Å². The first-order valence-electron chi connectivity index (χ1n) is 2.34. The van der Waals surface area contributed by atoms with Crippen molar-refractivity contribution in [3.05, 3.63) is 10.1 Å². The fourth-order valence-corrected chi connectivity index (χ4v) is 0.274. The van der Waals surface area contributed by atoms with E-state index in [1.54, 1.807) is 20.8 Å². The lowest BCUT2D eigenvalue weighted by Gasteiger charge is -2.12. The van der Waals surface area contributed by atoms with Gasteiger partial charge in [0.1, 0.15) is 0 Å². The summed E-state index contributed by atoms with van der Waals surface area (Å²) in [6, 6.07) is 0. The molecule has 0 amide bonds. The van der Waals surface area contributed by atoms with Gasteiger partial charge in [0.25, 0.3) is 0 Å². The molecule has 0 aromatic heterocycles. The molecule has 0 spiro atoms. The zero-order valence-electron chi connectivity index (χ0n) is 5.26. The van der Waals surface area contributed by atoms with Gasteiger partial charge < -0.3 is 0 Å². The monoisotopic (exact) mass is 118 g/mol. The van der Waals surface area contributed by atoms with Gasteiger partial charge in [-0.25, -0.2) is 10.1 Å². The van der Waals surface area contributed by atoms with Gasteiger partial charge in [0.15, 0.2) is 5.03 Å². The third-order valence-electron chi connectivity index (χ3n) is 0.427. The standard InChI is InChI=1S/C4H10N2O2/c1-4(2,3)5-6(7)8/h5H,1-3H3. The van der Waals surface area contributed by atoms with Crippen LogP contribution in [0.2, 0.25) is 0 Å². The zero-order chi connectivity index (χ0) is 6.78. The van der Waals surface area contributed by atoms with E-state index in [4.69, 9.17) is 0 Å². The van der Waals surface area contributed by atoms with Crippen LogP contribution in [0, 0.1) is 10.1 Å². The molecular formula is C4H10N2O2. The summed E-state index contributed by atoms with van der Waals surface area (Å²) in [6.45, 7) is 5.20. The summed E-state index contributed by atoms with van der Waals surface area (Å²) in [5, 5.41) is 9.17. The molecule has 0 heterocycles. The summed E-state index contributed by atoms with van der Waals surface area (Å²) in [7, 11) is 0. The number of nitro groups is 1. The maximum absolute atomic E-state index is 9.71. The Morgan fingerprint density at radius 1 is 1.50 bits per heavy atom. The topological polar surface area (TPSA) is 55.2 Å². The molecule has 0 aromatic carbocycles. The van der Waals surface area contributed by atoms with Crippen molar-refractivity contribution in [2.75, 3.05) is 0 Å². The summed E-state index contributed by atoms with van der Waals surface area (Å²) < 4.78 is 0. The van der Waals surface area contributed by atoms with Gasteiger partial charge in [-0.05, 0) is 20.8 Å². The minimum Gasteiger partial charge on any atom is -0.235 e. The molecule has 0 aromatic rings. The quantitative estimate of drug-likeness (QED) is 0.404. The molecule has 4 nitrogen and oxygen atoms in total. The Bertz CT molecular complexity index is 94.7. The van der Waals surface area contributed by atoms with Crippen LogP contribution in [0.15, 0.2) is 0 Å². The first-order chi connectivity index (χ1) is 3.42. The van der Waals surface area contributed by atoms with E-state index in [1.165, 1.54) is 0 Å². The Morgan fingerprint density at radius 3 is 1.88 bits per heavy atom. The first kappa shape index (κ1) is 7.20. The van der Waals surface area contributed by atoms with E-state index in [9.17, 15) is 10.1 Å². The van der Waals surface area contributed by atoms with E-state index in [2.05, 4.69) is 5.43 Å². The molecule has 1 N–H and O–H groups in total. The van der Waals surface area contributed by atoms with Gasteiger partial charge in [-0.15, -0.1) is 5.43 Å². The van der Waals surface area contributed by atoms with Gasteiger partial charge in [0.05, 0.1) is 5.54 Å². The predicted octanol–water partition coefficient (Wildman–Crippen LogP) is 0.566. The van der Waals surface area contributed by atoms with Gasteiger partial charge in [0, 0.05) is 0 Å². The minimum absolute atomic E-state index is 0.427. The highest BCUT2D eigenvalue weighted by molar-refractivity contribution is 4.62. The summed E-state index contributed by atoms with van der Waals surface area (Å²) >= 11 is 0. The van der Waals surface area contributed by atoms with Crippen molar-refractivity contribution in [1.29, 1.82) is 0 Å². The van der Waals surface area contributed by atoms with Crippen LogP contribution in [0.25, 0.3) is 0 Å². The number of nitrogens with one attached hydrogen (secondary N) is 1. The third kappa shape index (κ3) is 5.20. The Kier molecular flexibility index (Phi) is 1.78. The first-order valence-corrected chi connectivity index (χ1v) is 2.34. The van der Waals surface area contributed by atoms with Crippen LogP contribution in [0.4, 0.5) is 0 Å². The van der Waals surface area contributed by atoms with Crippen LogP contribution in [0.5, 0.6) is 0 Å². The smallest absolute Gasteiger partial charge is 0.158 e. The van der Waals surface area contributed by atoms with Crippen molar-refractivity contribution in [3.8, 4) is 0 Å². The Morgan fingerprint density at radius 2 is 1.88 bits per heavy atom. The molecule has 0 saturated heterocycles. The maximum Gasteiger partial charge on any atom is 0.158 e. The van der Waals surface area contributed by atoms with E-state index in [1.807, 2.05) is 0 Å². The SMILES string of the molecule is CC(C)(C)N[N+](=O)[O-]. The van der Waals surface area contributed by atoms with Gasteiger partial charge in [-0.2, -0.15) is 0 Å². The van der Waals surface area contributed by atoms with Crippen molar-refractivity contribution >= 4 is 0 Å². The molecule has 8 heavy (non-hydrogen) atoms. The number of nitrogens with zero attached hydrogens (tertiary/aromatic N) is 1. The van der Waals surface area contributed by atoms with Crippen LogP contribution in [0.3, 0.4) is 0 Å². The fourth-order valence-electron chi connectivity index (χ4n) is 0.274. The molecule has 4 heteroatoms. The minimum atomic E-state index is -0.542. The molecule has 0 atom stereocenters. The lowest BCUT2D eigenvalue weighted by atomic mass is 10.1. The maximum atomic E-state index is 9.71. The molecule has 0 unspecified atom stereocenters. The molecule has 0 saturated carbocycles. The fraction of sp³-hybridized carbons (Fsp3) is 1.00. The van der Waals surface area contributed by atoms with E-state index < -0.39 is 10.6 Å². The average molecular weight is 118 g/mol. The van der Waals surface area contributed by atoms with E-state index in [0.717, 1.165) is 0 Å². The molecule has 0 bridgehead atoms. The predicted molar refractivity (Wildman–Crippen MR) is 29.9 cm³/mol. The number of hydrogen-bond donors (Lipinski definition) is 1. The normalized spacial score (nSPS) is 10.9. The largest absolute Gasteiger partial charge is 0.235 e. The van der Waals surface area contributed by atoms with Crippen LogP contribution in [-0.2, 0) is 0 Å². The van der Waals surface area contributed by atoms with Gasteiger partial charge in [-0.3, -0.25) is 0 Å². The molecule has 0 radical (unpaired) electrons. The summed E-state index contributed by atoms with van der Waals surface area (Å²) in [5.41, 5.74) is 1.68.